The number of rotatable bonds is 29. The molecule has 0 saturated heterocycles. The smallest absolute Gasteiger partial charge is 0.0786 e. The zero-order chi connectivity index (χ0) is 25.0. The number of halogens is 1. The Balaban J connectivity index is 0. The molecular formula is C33H70BrN. The fourth-order valence-electron chi connectivity index (χ4n) is 5.73. The van der Waals surface area contributed by atoms with Crippen LogP contribution in [0.2, 0.25) is 0 Å². The van der Waals surface area contributed by atoms with Gasteiger partial charge in [0, 0.05) is 0 Å². The summed E-state index contributed by atoms with van der Waals surface area (Å²) in [6.07, 6.45) is 36.9. The van der Waals surface area contributed by atoms with Gasteiger partial charge in [0.25, 0.3) is 0 Å². The average Bonchev–Trinajstić information content (AvgIpc) is 2.86. The van der Waals surface area contributed by atoms with Gasteiger partial charge in [-0.15, -0.1) is 0 Å². The highest BCUT2D eigenvalue weighted by Gasteiger charge is 2.19. The van der Waals surface area contributed by atoms with Crippen LogP contribution in [0, 0.1) is 0 Å². The summed E-state index contributed by atoms with van der Waals surface area (Å²) in [6, 6.07) is 0. The second kappa shape index (κ2) is 30.7. The molecule has 0 aromatic heterocycles. The first-order valence-corrected chi connectivity index (χ1v) is 16.6. The van der Waals surface area contributed by atoms with Gasteiger partial charge in [-0.25, -0.2) is 0 Å². The van der Waals surface area contributed by atoms with Crippen molar-refractivity contribution in [1.29, 1.82) is 0 Å². The maximum atomic E-state index is 2.37. The summed E-state index contributed by atoms with van der Waals surface area (Å²) in [4.78, 5) is 0. The third-order valence-corrected chi connectivity index (χ3v) is 8.75. The lowest BCUT2D eigenvalue weighted by molar-refractivity contribution is -0.923. The van der Waals surface area contributed by atoms with E-state index in [0.29, 0.717) is 0 Å². The third-order valence-electron chi connectivity index (χ3n) is 8.75. The van der Waals surface area contributed by atoms with E-state index >= 15 is 0 Å². The molecule has 35 heavy (non-hydrogen) atoms. The van der Waals surface area contributed by atoms with E-state index in [1.807, 2.05) is 0 Å². The summed E-state index contributed by atoms with van der Waals surface area (Å²) >= 11 is 0. The van der Waals surface area contributed by atoms with Gasteiger partial charge in [0.15, 0.2) is 0 Å². The molecule has 0 aromatic rings. The Morgan fingerprint density at radius 3 is 0.686 bits per heavy atom. The highest BCUT2D eigenvalue weighted by molar-refractivity contribution is 4.52. The molecule has 0 radical (unpaired) electrons. The lowest BCUT2D eigenvalue weighted by Gasteiger charge is -2.35. The van der Waals surface area contributed by atoms with Crippen molar-refractivity contribution in [2.75, 3.05) is 26.2 Å². The molecule has 0 saturated carbocycles. The zero-order valence-corrected chi connectivity index (χ0v) is 26.9. The molecule has 0 rings (SSSR count). The molecule has 0 spiro atoms. The molecule has 0 bridgehead atoms. The summed E-state index contributed by atoms with van der Waals surface area (Å²) < 4.78 is 1.33. The van der Waals surface area contributed by atoms with E-state index in [-0.39, 0.29) is 17.0 Å². The van der Waals surface area contributed by atoms with Gasteiger partial charge in [-0.1, -0.05) is 155 Å². The Kier molecular flexibility index (Phi) is 32.9. The van der Waals surface area contributed by atoms with Crippen LogP contribution in [0.15, 0.2) is 0 Å². The maximum Gasteiger partial charge on any atom is 0.0786 e. The largest absolute Gasteiger partial charge is 1.00 e. The number of nitrogens with zero attached hydrogens (tertiary/aromatic N) is 1. The van der Waals surface area contributed by atoms with Crippen molar-refractivity contribution in [3.63, 3.8) is 0 Å². The minimum atomic E-state index is 0. The summed E-state index contributed by atoms with van der Waals surface area (Å²) in [6.45, 7) is 14.8. The van der Waals surface area contributed by atoms with Crippen molar-refractivity contribution in [1.82, 2.24) is 0 Å². The predicted octanol–water partition coefficient (Wildman–Crippen LogP) is 8.64. The lowest BCUT2D eigenvalue weighted by Crippen LogP contribution is -3.00. The Labute approximate surface area is 235 Å². The van der Waals surface area contributed by atoms with Crippen LogP contribution in [0.25, 0.3) is 0 Å². The zero-order valence-electron chi connectivity index (χ0n) is 25.3. The summed E-state index contributed by atoms with van der Waals surface area (Å²) in [5, 5.41) is 0. The van der Waals surface area contributed by atoms with Gasteiger partial charge < -0.3 is 21.5 Å². The van der Waals surface area contributed by atoms with Crippen molar-refractivity contribution in [2.24, 2.45) is 0 Å². The van der Waals surface area contributed by atoms with E-state index in [1.165, 1.54) is 191 Å². The van der Waals surface area contributed by atoms with Crippen LogP contribution >= 0.6 is 0 Å². The number of quaternary nitrogens is 1. The molecule has 0 atom stereocenters. The molecule has 0 aliphatic heterocycles. The molecule has 0 fully saturated rings. The highest BCUT2D eigenvalue weighted by atomic mass is 79.9. The van der Waals surface area contributed by atoms with Gasteiger partial charge in [0.05, 0.1) is 26.2 Å². The van der Waals surface area contributed by atoms with Crippen LogP contribution in [0.3, 0.4) is 0 Å². The van der Waals surface area contributed by atoms with E-state index in [1.54, 1.807) is 0 Å². The van der Waals surface area contributed by atoms with Crippen LogP contribution in [0.5, 0.6) is 0 Å². The van der Waals surface area contributed by atoms with Gasteiger partial charge >= 0.3 is 0 Å². The molecule has 0 unspecified atom stereocenters. The standard InChI is InChI=1S/C33H70N.BrH/c1-5-9-10-11-12-13-14-15-16-17-18-19-20-21-22-23-24-25-26-27-28-29-30-31-32-33-34(6-2,7-3)8-4;/h5-33H2,1-4H3;1H/q+1;/p-1. The molecule has 0 heterocycles. The van der Waals surface area contributed by atoms with Crippen LogP contribution in [-0.4, -0.2) is 30.7 Å². The quantitative estimate of drug-likeness (QED) is 0.0634. The van der Waals surface area contributed by atoms with E-state index in [9.17, 15) is 0 Å². The maximum absolute atomic E-state index is 2.37. The van der Waals surface area contributed by atoms with Gasteiger partial charge in [0.2, 0.25) is 0 Å². The van der Waals surface area contributed by atoms with E-state index < -0.39 is 0 Å². The van der Waals surface area contributed by atoms with Crippen molar-refractivity contribution in [3.05, 3.63) is 0 Å². The molecule has 214 valence electrons. The van der Waals surface area contributed by atoms with Crippen LogP contribution in [-0.2, 0) is 0 Å². The molecule has 0 aliphatic rings. The second-order valence-corrected chi connectivity index (χ2v) is 11.5. The van der Waals surface area contributed by atoms with Gasteiger partial charge in [-0.05, 0) is 33.6 Å². The SMILES string of the molecule is CCCCCCCCCCCCCCCCCCCCCCCCCCC[N+](CC)(CC)CC.[Br-]. The molecule has 2 heteroatoms. The summed E-state index contributed by atoms with van der Waals surface area (Å²) in [7, 11) is 0. The molecule has 0 aliphatic carbocycles. The Bertz CT molecular complexity index is 358. The monoisotopic (exact) mass is 559 g/mol. The molecule has 0 amide bonds. The Morgan fingerprint density at radius 2 is 0.486 bits per heavy atom. The Morgan fingerprint density at radius 1 is 0.286 bits per heavy atom. The highest BCUT2D eigenvalue weighted by Crippen LogP contribution is 2.16. The first-order chi connectivity index (χ1) is 16.7. The fourth-order valence-corrected chi connectivity index (χ4v) is 5.73. The Hall–Kier alpha value is 0.440. The van der Waals surface area contributed by atoms with Gasteiger partial charge in [-0.2, -0.15) is 0 Å². The second-order valence-electron chi connectivity index (χ2n) is 11.5. The topological polar surface area (TPSA) is 0 Å². The molecule has 0 aromatic carbocycles. The van der Waals surface area contributed by atoms with Crippen LogP contribution in [0.1, 0.15) is 188 Å². The minimum absolute atomic E-state index is 0. The number of unbranched alkanes of at least 4 members (excludes halogenated alkanes) is 24. The van der Waals surface area contributed by atoms with E-state index in [2.05, 4.69) is 27.7 Å². The van der Waals surface area contributed by atoms with Crippen LogP contribution in [0.4, 0.5) is 0 Å². The lowest BCUT2D eigenvalue weighted by atomic mass is 10.0. The minimum Gasteiger partial charge on any atom is -1.00 e. The summed E-state index contributed by atoms with van der Waals surface area (Å²) in [5.74, 6) is 0. The normalized spacial score (nSPS) is 11.7. The predicted molar refractivity (Wildman–Crippen MR) is 158 cm³/mol. The van der Waals surface area contributed by atoms with E-state index in [0.717, 1.165) is 0 Å². The molecule has 0 N–H and O–H groups in total. The number of hydrogen-bond donors (Lipinski definition) is 0. The average molecular weight is 561 g/mol. The fraction of sp³-hybridized carbons (Fsp3) is 1.00. The summed E-state index contributed by atoms with van der Waals surface area (Å²) in [5.41, 5.74) is 0. The number of hydrogen-bond acceptors (Lipinski definition) is 0. The van der Waals surface area contributed by atoms with Crippen molar-refractivity contribution < 1.29 is 21.5 Å². The van der Waals surface area contributed by atoms with Gasteiger partial charge in [-0.3, -0.25) is 0 Å². The van der Waals surface area contributed by atoms with Crippen LogP contribution < -0.4 is 17.0 Å². The molecule has 1 nitrogen and oxygen atoms in total. The van der Waals surface area contributed by atoms with Crippen molar-refractivity contribution in [2.45, 2.75) is 188 Å². The van der Waals surface area contributed by atoms with Gasteiger partial charge in [0.1, 0.15) is 0 Å². The van der Waals surface area contributed by atoms with Crippen molar-refractivity contribution >= 4 is 0 Å². The first kappa shape index (κ1) is 37.6. The van der Waals surface area contributed by atoms with E-state index in [4.69, 9.17) is 0 Å². The third kappa shape index (κ3) is 25.9. The molecular weight excluding hydrogens is 490 g/mol. The van der Waals surface area contributed by atoms with Crippen molar-refractivity contribution in [3.8, 4) is 0 Å². The first-order valence-electron chi connectivity index (χ1n) is 16.6.